The van der Waals surface area contributed by atoms with Crippen LogP contribution in [0, 0.1) is 5.92 Å². The zero-order valence-electron chi connectivity index (χ0n) is 15.4. The normalized spacial score (nSPS) is 17.6. The second-order valence-corrected chi connectivity index (χ2v) is 7.12. The van der Waals surface area contributed by atoms with E-state index in [4.69, 9.17) is 4.98 Å². The third-order valence-electron chi connectivity index (χ3n) is 5.15. The molecule has 0 bridgehead atoms. The molecule has 1 aromatic carbocycles. The Morgan fingerprint density at radius 2 is 2.08 bits per heavy atom. The number of rotatable bonds is 3. The molecular weight excluding hydrogens is 324 g/mol. The van der Waals surface area contributed by atoms with Crippen molar-refractivity contribution in [2.24, 2.45) is 5.92 Å². The topological polar surface area (TPSA) is 51.0 Å². The van der Waals surface area contributed by atoms with Gasteiger partial charge in [0.25, 0.3) is 5.91 Å². The van der Waals surface area contributed by atoms with Gasteiger partial charge in [0.2, 0.25) is 0 Å². The summed E-state index contributed by atoms with van der Waals surface area (Å²) in [5, 5.41) is 5.28. The Kier molecular flexibility index (Phi) is 4.45. The molecular formula is C21H24N4O. The van der Waals surface area contributed by atoms with Crippen molar-refractivity contribution in [2.45, 2.75) is 33.2 Å². The number of fused-ring (bicyclic) bond motifs is 1. The summed E-state index contributed by atoms with van der Waals surface area (Å²) < 4.78 is 1.86. The summed E-state index contributed by atoms with van der Waals surface area (Å²) in [6.07, 6.45) is 4.04. The number of hydrogen-bond acceptors (Lipinski definition) is 3. The van der Waals surface area contributed by atoms with Gasteiger partial charge in [-0.05, 0) is 31.7 Å². The van der Waals surface area contributed by atoms with Crippen molar-refractivity contribution in [1.82, 2.24) is 19.7 Å². The van der Waals surface area contributed by atoms with E-state index in [2.05, 4.69) is 12.0 Å². The number of nitrogens with zero attached hydrogens (tertiary/aromatic N) is 4. The lowest BCUT2D eigenvalue weighted by atomic mass is 9.99. The lowest BCUT2D eigenvalue weighted by Gasteiger charge is -2.31. The SMILES string of the molecule is CCn1ncc2c(C(=O)N3CCC[C@@H](C)C3)cc(-c3ccccc3)nc21. The number of aryl methyl sites for hydroxylation is 1. The number of carbonyl (C=O) groups is 1. The van der Waals surface area contributed by atoms with E-state index in [0.717, 1.165) is 48.3 Å². The molecule has 1 aliphatic rings. The van der Waals surface area contributed by atoms with Gasteiger partial charge < -0.3 is 4.90 Å². The van der Waals surface area contributed by atoms with Crippen molar-refractivity contribution in [1.29, 1.82) is 0 Å². The van der Waals surface area contributed by atoms with Crippen LogP contribution in [0.15, 0.2) is 42.6 Å². The Morgan fingerprint density at radius 1 is 1.27 bits per heavy atom. The minimum Gasteiger partial charge on any atom is -0.338 e. The average molecular weight is 348 g/mol. The third-order valence-corrected chi connectivity index (χ3v) is 5.15. The van der Waals surface area contributed by atoms with Crippen LogP contribution in [0.4, 0.5) is 0 Å². The van der Waals surface area contributed by atoms with Gasteiger partial charge in [-0.15, -0.1) is 0 Å². The number of likely N-dealkylation sites (tertiary alicyclic amines) is 1. The summed E-state index contributed by atoms with van der Waals surface area (Å²) in [5.74, 6) is 0.647. The number of pyridine rings is 1. The van der Waals surface area contributed by atoms with Crippen LogP contribution in [0.25, 0.3) is 22.3 Å². The summed E-state index contributed by atoms with van der Waals surface area (Å²) in [6.45, 7) is 6.63. The fourth-order valence-electron chi connectivity index (χ4n) is 3.76. The molecule has 5 heteroatoms. The first-order valence-corrected chi connectivity index (χ1v) is 9.38. The fourth-order valence-corrected chi connectivity index (χ4v) is 3.76. The predicted molar refractivity (Wildman–Crippen MR) is 103 cm³/mol. The van der Waals surface area contributed by atoms with E-state index in [1.807, 2.05) is 52.9 Å². The minimum atomic E-state index is 0.0942. The first-order chi connectivity index (χ1) is 12.7. The van der Waals surface area contributed by atoms with Crippen LogP contribution in [0.5, 0.6) is 0 Å². The zero-order chi connectivity index (χ0) is 18.1. The Hall–Kier alpha value is -2.69. The van der Waals surface area contributed by atoms with Crippen LogP contribution in [0.1, 0.15) is 37.0 Å². The van der Waals surface area contributed by atoms with Gasteiger partial charge in [-0.3, -0.25) is 4.79 Å². The zero-order valence-corrected chi connectivity index (χ0v) is 15.4. The van der Waals surface area contributed by atoms with Crippen LogP contribution in [0.3, 0.4) is 0 Å². The summed E-state index contributed by atoms with van der Waals surface area (Å²) in [6, 6.07) is 12.0. The van der Waals surface area contributed by atoms with Crippen LogP contribution in [-0.2, 0) is 6.54 Å². The summed E-state index contributed by atoms with van der Waals surface area (Å²) in [7, 11) is 0. The first kappa shape index (κ1) is 16.8. The van der Waals surface area contributed by atoms with Crippen molar-refractivity contribution >= 4 is 16.9 Å². The molecule has 0 unspecified atom stereocenters. The number of hydrogen-bond donors (Lipinski definition) is 0. The van der Waals surface area contributed by atoms with E-state index in [-0.39, 0.29) is 5.91 Å². The Balaban J connectivity index is 1.84. The maximum Gasteiger partial charge on any atom is 0.254 e. The quantitative estimate of drug-likeness (QED) is 0.719. The standard InChI is InChI=1S/C21H24N4O/c1-3-25-20-18(13-22-25)17(21(26)24-11-7-8-15(2)14-24)12-19(23-20)16-9-5-4-6-10-16/h4-6,9-10,12-13,15H,3,7-8,11,14H2,1-2H3/t15-/m1/s1. The molecule has 2 aromatic heterocycles. The molecule has 1 saturated heterocycles. The van der Waals surface area contributed by atoms with Gasteiger partial charge in [0.15, 0.2) is 5.65 Å². The lowest BCUT2D eigenvalue weighted by molar-refractivity contribution is 0.0685. The van der Waals surface area contributed by atoms with E-state index in [1.54, 1.807) is 6.20 Å². The molecule has 1 atom stereocenters. The highest BCUT2D eigenvalue weighted by Gasteiger charge is 2.25. The van der Waals surface area contributed by atoms with Gasteiger partial charge in [0, 0.05) is 25.2 Å². The van der Waals surface area contributed by atoms with Gasteiger partial charge in [0.05, 0.1) is 22.8 Å². The van der Waals surface area contributed by atoms with E-state index >= 15 is 0 Å². The van der Waals surface area contributed by atoms with Crippen LogP contribution in [-0.4, -0.2) is 38.7 Å². The number of benzene rings is 1. The highest BCUT2D eigenvalue weighted by atomic mass is 16.2. The van der Waals surface area contributed by atoms with Gasteiger partial charge in [-0.2, -0.15) is 5.10 Å². The smallest absolute Gasteiger partial charge is 0.254 e. The van der Waals surface area contributed by atoms with Crippen molar-refractivity contribution in [2.75, 3.05) is 13.1 Å². The number of amides is 1. The molecule has 3 aromatic rings. The van der Waals surface area contributed by atoms with Crippen molar-refractivity contribution in [3.8, 4) is 11.3 Å². The van der Waals surface area contributed by atoms with Crippen LogP contribution >= 0.6 is 0 Å². The molecule has 26 heavy (non-hydrogen) atoms. The second-order valence-electron chi connectivity index (χ2n) is 7.12. The largest absolute Gasteiger partial charge is 0.338 e. The van der Waals surface area contributed by atoms with Crippen molar-refractivity contribution < 1.29 is 4.79 Å². The van der Waals surface area contributed by atoms with E-state index in [0.29, 0.717) is 11.5 Å². The van der Waals surface area contributed by atoms with Gasteiger partial charge in [-0.1, -0.05) is 37.3 Å². The molecule has 0 N–H and O–H groups in total. The third kappa shape index (κ3) is 2.98. The molecule has 0 aliphatic carbocycles. The molecule has 1 fully saturated rings. The molecule has 0 spiro atoms. The minimum absolute atomic E-state index is 0.0942. The summed E-state index contributed by atoms with van der Waals surface area (Å²) in [4.78, 5) is 20.1. The van der Waals surface area contributed by atoms with E-state index in [1.165, 1.54) is 6.42 Å². The van der Waals surface area contributed by atoms with Gasteiger partial charge >= 0.3 is 0 Å². The molecule has 0 saturated carbocycles. The first-order valence-electron chi connectivity index (χ1n) is 9.38. The highest BCUT2D eigenvalue weighted by molar-refractivity contribution is 6.06. The molecule has 0 radical (unpaired) electrons. The monoisotopic (exact) mass is 348 g/mol. The van der Waals surface area contributed by atoms with Crippen LogP contribution < -0.4 is 0 Å². The number of aromatic nitrogens is 3. The molecule has 134 valence electrons. The predicted octanol–water partition coefficient (Wildman–Crippen LogP) is 3.99. The summed E-state index contributed by atoms with van der Waals surface area (Å²) in [5.41, 5.74) is 3.32. The maximum atomic E-state index is 13.3. The van der Waals surface area contributed by atoms with E-state index < -0.39 is 0 Å². The van der Waals surface area contributed by atoms with Crippen molar-refractivity contribution in [3.63, 3.8) is 0 Å². The summed E-state index contributed by atoms with van der Waals surface area (Å²) >= 11 is 0. The molecule has 5 nitrogen and oxygen atoms in total. The Bertz CT molecular complexity index is 932. The van der Waals surface area contributed by atoms with Gasteiger partial charge in [-0.25, -0.2) is 9.67 Å². The average Bonchev–Trinajstić information content (AvgIpc) is 3.10. The molecule has 1 aliphatic heterocycles. The number of carbonyl (C=O) groups excluding carboxylic acids is 1. The van der Waals surface area contributed by atoms with Crippen molar-refractivity contribution in [3.05, 3.63) is 48.2 Å². The molecule has 1 amide bonds. The van der Waals surface area contributed by atoms with Crippen LogP contribution in [0.2, 0.25) is 0 Å². The van der Waals surface area contributed by atoms with Gasteiger partial charge in [0.1, 0.15) is 0 Å². The fraction of sp³-hybridized carbons (Fsp3) is 0.381. The Morgan fingerprint density at radius 3 is 2.81 bits per heavy atom. The second kappa shape index (κ2) is 6.90. The molecule has 4 rings (SSSR count). The number of piperidine rings is 1. The lowest BCUT2D eigenvalue weighted by Crippen LogP contribution is -2.39. The Labute approximate surface area is 153 Å². The molecule has 3 heterocycles. The highest BCUT2D eigenvalue weighted by Crippen LogP contribution is 2.27. The maximum absolute atomic E-state index is 13.3. The van der Waals surface area contributed by atoms with E-state index in [9.17, 15) is 4.79 Å².